The zero-order valence-corrected chi connectivity index (χ0v) is 11.6. The average molecular weight is 246 g/mol. The molecule has 0 aliphatic carbocycles. The number of amides is 1. The SMILES string of the molecule is CCC(=O)N1CCN(c2ccc(C)c(C)c2)CC1. The van der Waals surface area contributed by atoms with Gasteiger partial charge in [-0.25, -0.2) is 0 Å². The highest BCUT2D eigenvalue weighted by Gasteiger charge is 2.20. The maximum absolute atomic E-state index is 11.6. The van der Waals surface area contributed by atoms with Crippen LogP contribution in [0, 0.1) is 13.8 Å². The number of anilines is 1. The molecule has 1 heterocycles. The molecule has 0 spiro atoms. The molecule has 1 amide bonds. The smallest absolute Gasteiger partial charge is 0.222 e. The molecule has 18 heavy (non-hydrogen) atoms. The van der Waals surface area contributed by atoms with Gasteiger partial charge in [-0.05, 0) is 37.1 Å². The summed E-state index contributed by atoms with van der Waals surface area (Å²) in [5.74, 6) is 0.273. The first-order chi connectivity index (χ1) is 8.61. The van der Waals surface area contributed by atoms with Crippen LogP contribution in [0.5, 0.6) is 0 Å². The van der Waals surface area contributed by atoms with E-state index in [-0.39, 0.29) is 5.91 Å². The van der Waals surface area contributed by atoms with Gasteiger partial charge in [0.15, 0.2) is 0 Å². The van der Waals surface area contributed by atoms with Crippen molar-refractivity contribution in [3.8, 4) is 0 Å². The molecule has 1 fully saturated rings. The van der Waals surface area contributed by atoms with Gasteiger partial charge >= 0.3 is 0 Å². The fourth-order valence-corrected chi connectivity index (χ4v) is 2.36. The number of piperazine rings is 1. The molecule has 0 aromatic heterocycles. The largest absolute Gasteiger partial charge is 0.368 e. The Morgan fingerprint density at radius 3 is 2.33 bits per heavy atom. The molecule has 0 unspecified atom stereocenters. The third kappa shape index (κ3) is 2.66. The van der Waals surface area contributed by atoms with Gasteiger partial charge in [-0.15, -0.1) is 0 Å². The monoisotopic (exact) mass is 246 g/mol. The molecule has 2 rings (SSSR count). The summed E-state index contributed by atoms with van der Waals surface area (Å²) in [6.07, 6.45) is 0.615. The lowest BCUT2D eigenvalue weighted by molar-refractivity contribution is -0.131. The fraction of sp³-hybridized carbons (Fsp3) is 0.533. The highest BCUT2D eigenvalue weighted by atomic mass is 16.2. The lowest BCUT2D eigenvalue weighted by Gasteiger charge is -2.36. The standard InChI is InChI=1S/C15H22N2O/c1-4-15(18)17-9-7-16(8-10-17)14-6-5-12(2)13(3)11-14/h5-6,11H,4,7-10H2,1-3H3. The minimum atomic E-state index is 0.273. The third-order valence-corrected chi connectivity index (χ3v) is 3.79. The Balaban J connectivity index is 2.01. The third-order valence-electron chi connectivity index (χ3n) is 3.79. The van der Waals surface area contributed by atoms with Crippen molar-refractivity contribution in [1.29, 1.82) is 0 Å². The van der Waals surface area contributed by atoms with Crippen LogP contribution in [0.2, 0.25) is 0 Å². The second-order valence-corrected chi connectivity index (χ2v) is 4.99. The number of benzene rings is 1. The van der Waals surface area contributed by atoms with E-state index in [4.69, 9.17) is 0 Å². The van der Waals surface area contributed by atoms with Gasteiger partial charge < -0.3 is 9.80 Å². The molecule has 0 radical (unpaired) electrons. The molecule has 0 bridgehead atoms. The molecule has 0 saturated carbocycles. The van der Waals surface area contributed by atoms with E-state index in [0.717, 1.165) is 26.2 Å². The minimum Gasteiger partial charge on any atom is -0.368 e. The normalized spacial score (nSPS) is 15.9. The maximum Gasteiger partial charge on any atom is 0.222 e. The van der Waals surface area contributed by atoms with Gasteiger partial charge in [-0.3, -0.25) is 4.79 Å². The molecular weight excluding hydrogens is 224 g/mol. The summed E-state index contributed by atoms with van der Waals surface area (Å²) in [6.45, 7) is 9.78. The van der Waals surface area contributed by atoms with Crippen LogP contribution in [0.25, 0.3) is 0 Å². The number of rotatable bonds is 2. The lowest BCUT2D eigenvalue weighted by Crippen LogP contribution is -2.48. The average Bonchev–Trinajstić information content (AvgIpc) is 2.41. The van der Waals surface area contributed by atoms with E-state index in [1.807, 2.05) is 11.8 Å². The number of hydrogen-bond acceptors (Lipinski definition) is 2. The Kier molecular flexibility index (Phi) is 3.90. The summed E-state index contributed by atoms with van der Waals surface area (Å²) in [5, 5.41) is 0. The lowest BCUT2D eigenvalue weighted by atomic mass is 10.1. The molecule has 1 aliphatic heterocycles. The summed E-state index contributed by atoms with van der Waals surface area (Å²) in [7, 11) is 0. The number of carbonyl (C=O) groups excluding carboxylic acids is 1. The van der Waals surface area contributed by atoms with E-state index in [0.29, 0.717) is 6.42 Å². The fourth-order valence-electron chi connectivity index (χ4n) is 2.36. The van der Waals surface area contributed by atoms with Crippen molar-refractivity contribution in [2.24, 2.45) is 0 Å². The minimum absolute atomic E-state index is 0.273. The first kappa shape index (κ1) is 12.9. The predicted octanol–water partition coefficient (Wildman–Crippen LogP) is 2.36. The number of nitrogens with zero attached hydrogens (tertiary/aromatic N) is 2. The zero-order chi connectivity index (χ0) is 13.1. The van der Waals surface area contributed by atoms with Gasteiger partial charge in [0, 0.05) is 38.3 Å². The van der Waals surface area contributed by atoms with Crippen molar-refractivity contribution < 1.29 is 4.79 Å². The molecule has 98 valence electrons. The summed E-state index contributed by atoms with van der Waals surface area (Å²) in [6, 6.07) is 6.60. The highest BCUT2D eigenvalue weighted by molar-refractivity contribution is 5.76. The molecular formula is C15H22N2O. The topological polar surface area (TPSA) is 23.6 Å². The van der Waals surface area contributed by atoms with Crippen LogP contribution in [0.1, 0.15) is 24.5 Å². The predicted molar refractivity (Wildman–Crippen MR) is 75.0 cm³/mol. The van der Waals surface area contributed by atoms with Crippen molar-refractivity contribution in [1.82, 2.24) is 4.90 Å². The molecule has 3 heteroatoms. The van der Waals surface area contributed by atoms with Crippen LogP contribution in [0.3, 0.4) is 0 Å². The van der Waals surface area contributed by atoms with E-state index in [1.54, 1.807) is 0 Å². The van der Waals surface area contributed by atoms with Gasteiger partial charge in [0.2, 0.25) is 5.91 Å². The van der Waals surface area contributed by atoms with Crippen LogP contribution in [-0.2, 0) is 4.79 Å². The molecule has 1 saturated heterocycles. The summed E-state index contributed by atoms with van der Waals surface area (Å²) in [4.78, 5) is 16.0. The maximum atomic E-state index is 11.6. The Labute approximate surface area is 109 Å². The van der Waals surface area contributed by atoms with E-state index in [1.165, 1.54) is 16.8 Å². The second kappa shape index (κ2) is 5.42. The van der Waals surface area contributed by atoms with Crippen LogP contribution in [0.4, 0.5) is 5.69 Å². The number of carbonyl (C=O) groups is 1. The molecule has 3 nitrogen and oxygen atoms in total. The summed E-state index contributed by atoms with van der Waals surface area (Å²) < 4.78 is 0. The van der Waals surface area contributed by atoms with E-state index in [9.17, 15) is 4.79 Å². The van der Waals surface area contributed by atoms with Crippen LogP contribution in [0.15, 0.2) is 18.2 Å². The van der Waals surface area contributed by atoms with Gasteiger partial charge in [-0.2, -0.15) is 0 Å². The van der Waals surface area contributed by atoms with Gasteiger partial charge in [0.1, 0.15) is 0 Å². The van der Waals surface area contributed by atoms with Crippen LogP contribution < -0.4 is 4.90 Å². The molecule has 1 aromatic rings. The first-order valence-corrected chi connectivity index (χ1v) is 6.71. The van der Waals surface area contributed by atoms with Gasteiger partial charge in [0.05, 0.1) is 0 Å². The molecule has 0 N–H and O–H groups in total. The van der Waals surface area contributed by atoms with Crippen molar-refractivity contribution in [2.45, 2.75) is 27.2 Å². The number of hydrogen-bond donors (Lipinski definition) is 0. The van der Waals surface area contributed by atoms with Crippen molar-refractivity contribution in [3.63, 3.8) is 0 Å². The Morgan fingerprint density at radius 1 is 1.11 bits per heavy atom. The summed E-state index contributed by atoms with van der Waals surface area (Å²) >= 11 is 0. The van der Waals surface area contributed by atoms with E-state index >= 15 is 0 Å². The van der Waals surface area contributed by atoms with E-state index < -0.39 is 0 Å². The molecule has 1 aliphatic rings. The Morgan fingerprint density at radius 2 is 1.78 bits per heavy atom. The van der Waals surface area contributed by atoms with Crippen molar-refractivity contribution >= 4 is 11.6 Å². The quantitative estimate of drug-likeness (QED) is 0.800. The van der Waals surface area contributed by atoms with E-state index in [2.05, 4.69) is 36.9 Å². The molecule has 1 aromatic carbocycles. The zero-order valence-electron chi connectivity index (χ0n) is 11.6. The summed E-state index contributed by atoms with van der Waals surface area (Å²) in [5.41, 5.74) is 3.94. The Bertz CT molecular complexity index is 434. The Hall–Kier alpha value is -1.51. The highest BCUT2D eigenvalue weighted by Crippen LogP contribution is 2.20. The van der Waals surface area contributed by atoms with Crippen molar-refractivity contribution in [3.05, 3.63) is 29.3 Å². The van der Waals surface area contributed by atoms with Crippen LogP contribution in [-0.4, -0.2) is 37.0 Å². The number of aryl methyl sites for hydroxylation is 2. The van der Waals surface area contributed by atoms with Crippen molar-refractivity contribution in [2.75, 3.05) is 31.1 Å². The van der Waals surface area contributed by atoms with Gasteiger partial charge in [0.25, 0.3) is 0 Å². The van der Waals surface area contributed by atoms with Crippen LogP contribution >= 0.6 is 0 Å². The first-order valence-electron chi connectivity index (χ1n) is 6.71. The van der Waals surface area contributed by atoms with Gasteiger partial charge in [-0.1, -0.05) is 13.0 Å². The molecule has 0 atom stereocenters. The second-order valence-electron chi connectivity index (χ2n) is 4.99.